The van der Waals surface area contributed by atoms with Crippen LogP contribution in [0.15, 0.2) is 53.5 Å². The summed E-state index contributed by atoms with van der Waals surface area (Å²) in [5, 5.41) is 3.45. The molecule has 0 bridgehead atoms. The summed E-state index contributed by atoms with van der Waals surface area (Å²) < 4.78 is 16.8. The van der Waals surface area contributed by atoms with Crippen LogP contribution < -0.4 is 19.5 Å². The van der Waals surface area contributed by atoms with Crippen LogP contribution in [0.3, 0.4) is 0 Å². The first kappa shape index (κ1) is 23.1. The lowest BCUT2D eigenvalue weighted by atomic mass is 10.1. The fourth-order valence-electron chi connectivity index (χ4n) is 3.38. The number of benzene rings is 2. The molecule has 0 saturated carbocycles. The number of nitrogens with zero attached hydrogens (tertiary/aromatic N) is 2. The maximum Gasteiger partial charge on any atom is 0.193 e. The van der Waals surface area contributed by atoms with Crippen LogP contribution in [0, 0.1) is 0 Å². The number of hydrogen-bond acceptors (Lipinski definition) is 4. The quantitative estimate of drug-likeness (QED) is 0.362. The number of ether oxygens (including phenoxy) is 3. The van der Waals surface area contributed by atoms with E-state index in [-0.39, 0.29) is 30.1 Å². The SMILES string of the molecule is CN=C(NCc1ccc(OC)c(OC)c1)N1CCC(Oc2ccccc2)CC1.I. The lowest BCUT2D eigenvalue weighted by Crippen LogP contribution is -2.47. The minimum atomic E-state index is 0. The van der Waals surface area contributed by atoms with E-state index in [4.69, 9.17) is 14.2 Å². The number of para-hydroxylation sites is 1. The monoisotopic (exact) mass is 511 g/mol. The largest absolute Gasteiger partial charge is 0.493 e. The molecule has 6 nitrogen and oxygen atoms in total. The van der Waals surface area contributed by atoms with E-state index in [0.29, 0.717) is 6.54 Å². The summed E-state index contributed by atoms with van der Waals surface area (Å²) in [5.74, 6) is 3.32. The molecule has 0 aromatic heterocycles. The summed E-state index contributed by atoms with van der Waals surface area (Å²) in [6.07, 6.45) is 2.21. The van der Waals surface area contributed by atoms with Crippen LogP contribution in [0.5, 0.6) is 17.2 Å². The third-order valence-corrected chi connectivity index (χ3v) is 4.90. The van der Waals surface area contributed by atoms with Crippen LogP contribution in [-0.4, -0.2) is 51.3 Å². The fraction of sp³-hybridized carbons (Fsp3) is 0.409. The number of guanidine groups is 1. The third-order valence-electron chi connectivity index (χ3n) is 4.90. The fourth-order valence-corrected chi connectivity index (χ4v) is 3.38. The summed E-state index contributed by atoms with van der Waals surface area (Å²) in [6, 6.07) is 16.0. The summed E-state index contributed by atoms with van der Waals surface area (Å²) in [4.78, 5) is 6.73. The van der Waals surface area contributed by atoms with Crippen LogP contribution in [0.2, 0.25) is 0 Å². The van der Waals surface area contributed by atoms with Crippen molar-refractivity contribution < 1.29 is 14.2 Å². The Balaban J connectivity index is 0.00000300. The highest BCUT2D eigenvalue weighted by Crippen LogP contribution is 2.27. The Morgan fingerprint density at radius 3 is 2.34 bits per heavy atom. The Kier molecular flexibility index (Phi) is 9.37. The van der Waals surface area contributed by atoms with Gasteiger partial charge in [0.1, 0.15) is 11.9 Å². The molecule has 3 rings (SSSR count). The first-order valence-corrected chi connectivity index (χ1v) is 9.61. The molecule has 2 aromatic carbocycles. The standard InChI is InChI=1S/C22H29N3O3.HI/c1-23-22(24-16-17-9-10-20(26-2)21(15-17)27-3)25-13-11-19(12-14-25)28-18-7-5-4-6-8-18;/h4-10,15,19H,11-14,16H2,1-3H3,(H,23,24);1H. The Labute approximate surface area is 190 Å². The van der Waals surface area contributed by atoms with Gasteiger partial charge in [-0.25, -0.2) is 0 Å². The zero-order valence-corrected chi connectivity index (χ0v) is 19.6. The lowest BCUT2D eigenvalue weighted by Gasteiger charge is -2.34. The molecule has 158 valence electrons. The smallest absolute Gasteiger partial charge is 0.193 e. The van der Waals surface area contributed by atoms with Crippen LogP contribution in [0.4, 0.5) is 0 Å². The zero-order valence-electron chi connectivity index (χ0n) is 17.3. The molecule has 2 aromatic rings. The summed E-state index contributed by atoms with van der Waals surface area (Å²) in [6.45, 7) is 2.51. The number of rotatable bonds is 6. The zero-order chi connectivity index (χ0) is 19.8. The number of methoxy groups -OCH3 is 2. The van der Waals surface area contributed by atoms with Crippen LogP contribution in [-0.2, 0) is 6.54 Å². The van der Waals surface area contributed by atoms with Crippen LogP contribution in [0.25, 0.3) is 0 Å². The Morgan fingerprint density at radius 2 is 1.72 bits per heavy atom. The van der Waals surface area contributed by atoms with Crippen molar-refractivity contribution in [3.63, 3.8) is 0 Å². The lowest BCUT2D eigenvalue weighted by molar-refractivity contribution is 0.129. The van der Waals surface area contributed by atoms with E-state index < -0.39 is 0 Å². The molecule has 1 N–H and O–H groups in total. The highest BCUT2D eigenvalue weighted by Gasteiger charge is 2.22. The number of nitrogens with one attached hydrogen (secondary N) is 1. The second-order valence-corrected chi connectivity index (χ2v) is 6.71. The van der Waals surface area contributed by atoms with E-state index >= 15 is 0 Å². The molecule has 0 atom stereocenters. The predicted molar refractivity (Wildman–Crippen MR) is 127 cm³/mol. The van der Waals surface area contributed by atoms with Gasteiger partial charge in [0.2, 0.25) is 0 Å². The molecule has 0 spiro atoms. The number of halogens is 1. The molecule has 0 amide bonds. The average molecular weight is 511 g/mol. The van der Waals surface area contributed by atoms with Gasteiger partial charge >= 0.3 is 0 Å². The Hall–Kier alpha value is -2.16. The highest BCUT2D eigenvalue weighted by molar-refractivity contribution is 14.0. The number of piperidine rings is 1. The second kappa shape index (κ2) is 11.7. The summed E-state index contributed by atoms with van der Waals surface area (Å²) in [7, 11) is 5.11. The van der Waals surface area contributed by atoms with Gasteiger partial charge in [0.15, 0.2) is 17.5 Å². The average Bonchev–Trinajstić information content (AvgIpc) is 2.75. The Bertz CT molecular complexity index is 778. The van der Waals surface area contributed by atoms with Gasteiger partial charge in [-0.05, 0) is 29.8 Å². The van der Waals surface area contributed by atoms with E-state index in [1.165, 1.54) is 0 Å². The van der Waals surface area contributed by atoms with Gasteiger partial charge in [-0.15, -0.1) is 24.0 Å². The number of hydrogen-bond donors (Lipinski definition) is 1. The molecule has 1 fully saturated rings. The van der Waals surface area contributed by atoms with Gasteiger partial charge < -0.3 is 24.4 Å². The first-order chi connectivity index (χ1) is 13.7. The van der Waals surface area contributed by atoms with Crippen molar-refractivity contribution in [1.29, 1.82) is 0 Å². The van der Waals surface area contributed by atoms with E-state index in [1.54, 1.807) is 14.2 Å². The maximum absolute atomic E-state index is 6.08. The molecule has 1 aliphatic rings. The number of aliphatic imine (C=N–C) groups is 1. The molecule has 1 saturated heterocycles. The number of likely N-dealkylation sites (tertiary alicyclic amines) is 1. The first-order valence-electron chi connectivity index (χ1n) is 9.61. The molecular weight excluding hydrogens is 481 g/mol. The van der Waals surface area contributed by atoms with Gasteiger partial charge in [0.25, 0.3) is 0 Å². The van der Waals surface area contributed by atoms with E-state index in [0.717, 1.165) is 54.7 Å². The topological polar surface area (TPSA) is 55.3 Å². The third kappa shape index (κ3) is 6.42. The van der Waals surface area contributed by atoms with Crippen LogP contribution in [0.1, 0.15) is 18.4 Å². The second-order valence-electron chi connectivity index (χ2n) is 6.71. The molecule has 1 aliphatic heterocycles. The molecule has 0 aliphatic carbocycles. The highest BCUT2D eigenvalue weighted by atomic mass is 127. The van der Waals surface area contributed by atoms with Gasteiger partial charge in [0, 0.05) is 39.5 Å². The molecule has 0 radical (unpaired) electrons. The van der Waals surface area contributed by atoms with Gasteiger partial charge in [-0.2, -0.15) is 0 Å². The van der Waals surface area contributed by atoms with E-state index in [9.17, 15) is 0 Å². The van der Waals surface area contributed by atoms with Gasteiger partial charge in [-0.1, -0.05) is 24.3 Å². The van der Waals surface area contributed by atoms with Crippen molar-refractivity contribution in [2.45, 2.75) is 25.5 Å². The van der Waals surface area contributed by atoms with E-state index in [2.05, 4.69) is 15.2 Å². The van der Waals surface area contributed by atoms with Crippen LogP contribution >= 0.6 is 24.0 Å². The van der Waals surface area contributed by atoms with Crippen molar-refractivity contribution in [3.8, 4) is 17.2 Å². The maximum atomic E-state index is 6.08. The van der Waals surface area contributed by atoms with Gasteiger partial charge in [-0.3, -0.25) is 4.99 Å². The summed E-state index contributed by atoms with van der Waals surface area (Å²) >= 11 is 0. The van der Waals surface area contributed by atoms with E-state index in [1.807, 2.05) is 55.6 Å². The van der Waals surface area contributed by atoms with Crippen molar-refractivity contribution in [1.82, 2.24) is 10.2 Å². The minimum Gasteiger partial charge on any atom is -0.493 e. The van der Waals surface area contributed by atoms with Crippen molar-refractivity contribution >= 4 is 29.9 Å². The van der Waals surface area contributed by atoms with Crippen molar-refractivity contribution in [2.24, 2.45) is 4.99 Å². The predicted octanol–water partition coefficient (Wildman–Crippen LogP) is 3.94. The normalized spacial score (nSPS) is 14.7. The molecule has 29 heavy (non-hydrogen) atoms. The van der Waals surface area contributed by atoms with Gasteiger partial charge in [0.05, 0.1) is 14.2 Å². The summed E-state index contributed by atoms with van der Waals surface area (Å²) in [5.41, 5.74) is 1.11. The minimum absolute atomic E-state index is 0. The van der Waals surface area contributed by atoms with Crippen molar-refractivity contribution in [2.75, 3.05) is 34.4 Å². The molecule has 7 heteroatoms. The Morgan fingerprint density at radius 1 is 1.03 bits per heavy atom. The molecular formula is C22H30IN3O3. The van der Waals surface area contributed by atoms with Crippen molar-refractivity contribution in [3.05, 3.63) is 54.1 Å². The molecule has 1 heterocycles. The molecule has 0 unspecified atom stereocenters.